The highest BCUT2D eigenvalue weighted by molar-refractivity contribution is 6.38. The van der Waals surface area contributed by atoms with Gasteiger partial charge in [0.25, 0.3) is 5.56 Å². The Hall–Kier alpha value is -1.27. The molecule has 0 amide bonds. The van der Waals surface area contributed by atoms with Crippen molar-refractivity contribution in [2.24, 2.45) is 0 Å². The molecule has 0 aliphatic carbocycles. The molecule has 3 aromatic rings. The van der Waals surface area contributed by atoms with Crippen molar-refractivity contribution >= 4 is 52.2 Å². The Morgan fingerprint density at radius 1 is 1.17 bits per heavy atom. The number of nitrogens with one attached hydrogen (secondary N) is 2. The molecule has 3 heterocycles. The van der Waals surface area contributed by atoms with Crippen LogP contribution in [0.1, 0.15) is 24.5 Å². The van der Waals surface area contributed by atoms with E-state index in [1.807, 2.05) is 4.52 Å². The monoisotopic (exact) mass is 372 g/mol. The molecule has 0 spiro atoms. The number of fused-ring (bicyclic) bond motifs is 3. The van der Waals surface area contributed by atoms with Gasteiger partial charge in [0.1, 0.15) is 11.2 Å². The van der Waals surface area contributed by atoms with Crippen molar-refractivity contribution in [3.05, 3.63) is 44.3 Å². The zero-order chi connectivity index (χ0) is 15.3. The van der Waals surface area contributed by atoms with Crippen LogP contribution in [0.2, 0.25) is 10.0 Å². The molecule has 1 aromatic carbocycles. The summed E-state index contributed by atoms with van der Waals surface area (Å²) in [5, 5.41) is 9.73. The van der Waals surface area contributed by atoms with E-state index < -0.39 is 0 Å². The third kappa shape index (κ3) is 2.83. The molecule has 1 fully saturated rings. The van der Waals surface area contributed by atoms with E-state index in [9.17, 15) is 4.79 Å². The Bertz CT molecular complexity index is 928. The first-order chi connectivity index (χ1) is 10.6. The van der Waals surface area contributed by atoms with Crippen LogP contribution in [-0.4, -0.2) is 27.7 Å². The second-order valence-electron chi connectivity index (χ2n) is 5.63. The fourth-order valence-electron chi connectivity index (χ4n) is 3.18. The molecule has 1 aliphatic rings. The molecular formula is C15H15Cl3N4O. The summed E-state index contributed by atoms with van der Waals surface area (Å²) in [5.41, 5.74) is 2.12. The lowest BCUT2D eigenvalue weighted by Crippen LogP contribution is -2.28. The van der Waals surface area contributed by atoms with Gasteiger partial charge in [-0.15, -0.1) is 12.4 Å². The van der Waals surface area contributed by atoms with Gasteiger partial charge in [0.15, 0.2) is 0 Å². The smallest absolute Gasteiger partial charge is 0.251 e. The van der Waals surface area contributed by atoms with Crippen LogP contribution >= 0.6 is 35.6 Å². The summed E-state index contributed by atoms with van der Waals surface area (Å²) in [4.78, 5) is 14.9. The summed E-state index contributed by atoms with van der Waals surface area (Å²) in [5.74, 6) is 0.314. The normalized spacial score (nSPS) is 15.9. The zero-order valence-electron chi connectivity index (χ0n) is 12.1. The van der Waals surface area contributed by atoms with Crippen molar-refractivity contribution in [1.82, 2.24) is 19.9 Å². The van der Waals surface area contributed by atoms with Crippen molar-refractivity contribution < 1.29 is 0 Å². The molecule has 0 radical (unpaired) electrons. The molecule has 2 aromatic heterocycles. The number of aromatic amines is 1. The topological polar surface area (TPSA) is 62.2 Å². The summed E-state index contributed by atoms with van der Waals surface area (Å²) in [6.07, 6.45) is 1.98. The number of nitrogens with zero attached hydrogens (tertiary/aromatic N) is 2. The molecule has 2 N–H and O–H groups in total. The lowest BCUT2D eigenvalue weighted by atomic mass is 9.94. The third-order valence-electron chi connectivity index (χ3n) is 4.22. The van der Waals surface area contributed by atoms with Crippen molar-refractivity contribution in [1.29, 1.82) is 0 Å². The predicted octanol–water partition coefficient (Wildman–Crippen LogP) is 3.37. The molecule has 5 nitrogen and oxygen atoms in total. The molecular weight excluding hydrogens is 359 g/mol. The van der Waals surface area contributed by atoms with E-state index in [1.54, 1.807) is 18.2 Å². The van der Waals surface area contributed by atoms with Gasteiger partial charge in [-0.25, -0.2) is 4.52 Å². The molecule has 0 unspecified atom stereocenters. The largest absolute Gasteiger partial charge is 0.317 e. The highest BCUT2D eigenvalue weighted by Crippen LogP contribution is 2.31. The summed E-state index contributed by atoms with van der Waals surface area (Å²) in [7, 11) is 0. The Kier molecular flexibility index (Phi) is 4.56. The molecule has 4 rings (SSSR count). The maximum absolute atomic E-state index is 12.1. The van der Waals surface area contributed by atoms with Gasteiger partial charge in [-0.05, 0) is 38.1 Å². The first-order valence-electron chi connectivity index (χ1n) is 7.25. The van der Waals surface area contributed by atoms with Crippen molar-refractivity contribution in [2.45, 2.75) is 18.8 Å². The predicted molar refractivity (Wildman–Crippen MR) is 95.4 cm³/mol. The molecule has 23 heavy (non-hydrogen) atoms. The Morgan fingerprint density at radius 2 is 1.91 bits per heavy atom. The molecule has 122 valence electrons. The van der Waals surface area contributed by atoms with E-state index in [0.717, 1.165) is 37.0 Å². The number of piperidine rings is 1. The third-order valence-corrected chi connectivity index (χ3v) is 4.72. The average Bonchev–Trinajstić information content (AvgIpc) is 2.86. The van der Waals surface area contributed by atoms with Crippen molar-refractivity contribution in [2.75, 3.05) is 13.1 Å². The molecule has 1 saturated heterocycles. The van der Waals surface area contributed by atoms with E-state index in [-0.39, 0.29) is 18.0 Å². The van der Waals surface area contributed by atoms with Crippen LogP contribution in [0.25, 0.3) is 16.6 Å². The Balaban J connectivity index is 0.00000156. The number of halogens is 3. The summed E-state index contributed by atoms with van der Waals surface area (Å²) in [6.45, 7) is 1.90. The molecule has 0 atom stereocenters. The van der Waals surface area contributed by atoms with E-state index in [1.165, 1.54) is 0 Å². The van der Waals surface area contributed by atoms with Crippen LogP contribution < -0.4 is 10.9 Å². The van der Waals surface area contributed by atoms with Gasteiger partial charge in [-0.3, -0.25) is 4.79 Å². The standard InChI is InChI=1S/C15H14Cl2N4O.ClH/c16-9-5-10-14(11(17)6-9)20-21-12(7-13(22)19-15(10)21)8-1-3-18-4-2-8;/h5-8,18H,1-4H2,(H,19,22);1H. The SMILES string of the molecule is Cl.O=c1cc(C2CCNCC2)n2nc3c(Cl)cc(Cl)cc3c2[nH]1. The summed E-state index contributed by atoms with van der Waals surface area (Å²) >= 11 is 12.3. The van der Waals surface area contributed by atoms with E-state index in [2.05, 4.69) is 15.4 Å². The second-order valence-corrected chi connectivity index (χ2v) is 6.47. The first kappa shape index (κ1) is 16.6. The Morgan fingerprint density at radius 3 is 2.65 bits per heavy atom. The van der Waals surface area contributed by atoms with Crippen molar-refractivity contribution in [3.63, 3.8) is 0 Å². The lowest BCUT2D eigenvalue weighted by molar-refractivity contribution is 0.446. The zero-order valence-corrected chi connectivity index (χ0v) is 14.4. The van der Waals surface area contributed by atoms with Gasteiger partial charge in [-0.2, -0.15) is 5.10 Å². The van der Waals surface area contributed by atoms with E-state index >= 15 is 0 Å². The van der Waals surface area contributed by atoms with Gasteiger partial charge < -0.3 is 10.3 Å². The second kappa shape index (κ2) is 6.32. The quantitative estimate of drug-likeness (QED) is 0.687. The van der Waals surface area contributed by atoms with Crippen LogP contribution in [0.3, 0.4) is 0 Å². The highest BCUT2D eigenvalue weighted by Gasteiger charge is 2.21. The summed E-state index contributed by atoms with van der Waals surface area (Å²) < 4.78 is 1.81. The fourth-order valence-corrected chi connectivity index (χ4v) is 3.71. The maximum atomic E-state index is 12.1. The molecule has 1 aliphatic heterocycles. The molecule has 0 saturated carbocycles. The number of benzene rings is 1. The van der Waals surface area contributed by atoms with Gasteiger partial charge in [-0.1, -0.05) is 23.2 Å². The van der Waals surface area contributed by atoms with Gasteiger partial charge >= 0.3 is 0 Å². The maximum Gasteiger partial charge on any atom is 0.251 e. The fraction of sp³-hybridized carbons (Fsp3) is 0.333. The Labute approximate surface area is 148 Å². The minimum Gasteiger partial charge on any atom is -0.317 e. The van der Waals surface area contributed by atoms with E-state index in [0.29, 0.717) is 27.1 Å². The molecule has 0 bridgehead atoms. The number of hydrogen-bond acceptors (Lipinski definition) is 3. The number of H-pyrrole nitrogens is 1. The average molecular weight is 374 g/mol. The summed E-state index contributed by atoms with van der Waals surface area (Å²) in [6, 6.07) is 5.10. The van der Waals surface area contributed by atoms with Gasteiger partial charge in [0.2, 0.25) is 0 Å². The van der Waals surface area contributed by atoms with E-state index in [4.69, 9.17) is 23.2 Å². The van der Waals surface area contributed by atoms with Crippen LogP contribution in [0.15, 0.2) is 23.0 Å². The minimum atomic E-state index is -0.126. The minimum absolute atomic E-state index is 0. The number of hydrogen-bond donors (Lipinski definition) is 2. The van der Waals surface area contributed by atoms with Crippen molar-refractivity contribution in [3.8, 4) is 0 Å². The first-order valence-corrected chi connectivity index (χ1v) is 8.00. The van der Waals surface area contributed by atoms with Crippen LogP contribution in [-0.2, 0) is 0 Å². The van der Waals surface area contributed by atoms with Gasteiger partial charge in [0, 0.05) is 22.4 Å². The molecule has 8 heteroatoms. The van der Waals surface area contributed by atoms with Crippen LogP contribution in [0.4, 0.5) is 0 Å². The number of aromatic nitrogens is 3. The highest BCUT2D eigenvalue weighted by atomic mass is 35.5. The van der Waals surface area contributed by atoms with Crippen LogP contribution in [0, 0.1) is 0 Å². The van der Waals surface area contributed by atoms with Crippen LogP contribution in [0.5, 0.6) is 0 Å². The van der Waals surface area contributed by atoms with Gasteiger partial charge in [0.05, 0.1) is 10.7 Å². The number of rotatable bonds is 1. The lowest BCUT2D eigenvalue weighted by Gasteiger charge is -2.23.